The predicted molar refractivity (Wildman–Crippen MR) is 114 cm³/mol. The molecule has 5 heteroatoms. The summed E-state index contributed by atoms with van der Waals surface area (Å²) >= 11 is 0. The summed E-state index contributed by atoms with van der Waals surface area (Å²) in [4.78, 5) is 23.8. The number of hydrogen-bond donors (Lipinski definition) is 2. The Morgan fingerprint density at radius 2 is 1.60 bits per heavy atom. The van der Waals surface area contributed by atoms with Crippen molar-refractivity contribution in [3.05, 3.63) is 95.1 Å². The Kier molecular flexibility index (Phi) is 5.53. The summed E-state index contributed by atoms with van der Waals surface area (Å²) < 4.78 is 5.56. The molecule has 0 fully saturated rings. The van der Waals surface area contributed by atoms with Crippen molar-refractivity contribution in [2.75, 3.05) is 6.61 Å². The molecule has 1 aliphatic carbocycles. The first kappa shape index (κ1) is 19.7. The number of aryl methyl sites for hydroxylation is 1. The molecule has 0 aromatic heterocycles. The quantitative estimate of drug-likeness (QED) is 0.606. The smallest absolute Gasteiger partial charge is 0.407 e. The van der Waals surface area contributed by atoms with Gasteiger partial charge in [0.2, 0.25) is 0 Å². The van der Waals surface area contributed by atoms with Crippen LogP contribution < -0.4 is 5.32 Å². The zero-order valence-corrected chi connectivity index (χ0v) is 16.7. The lowest BCUT2D eigenvalue weighted by Crippen LogP contribution is -2.31. The second-order valence-corrected chi connectivity index (χ2v) is 7.53. The molecule has 4 rings (SSSR count). The maximum absolute atomic E-state index is 12.5. The summed E-state index contributed by atoms with van der Waals surface area (Å²) in [5, 5.41) is 12.0. The summed E-state index contributed by atoms with van der Waals surface area (Å²) in [6.07, 6.45) is -0.835. The number of carbonyl (C=O) groups excluding carboxylic acids is 1. The molecule has 1 amide bonds. The van der Waals surface area contributed by atoms with E-state index < -0.39 is 18.1 Å². The molecule has 0 heterocycles. The molecule has 0 bridgehead atoms. The molecule has 3 aromatic carbocycles. The highest BCUT2D eigenvalue weighted by Gasteiger charge is 2.29. The van der Waals surface area contributed by atoms with E-state index in [9.17, 15) is 14.7 Å². The van der Waals surface area contributed by atoms with Crippen molar-refractivity contribution < 1.29 is 19.4 Å². The first-order valence-electron chi connectivity index (χ1n) is 9.93. The Morgan fingerprint density at radius 3 is 2.20 bits per heavy atom. The van der Waals surface area contributed by atoms with Crippen LogP contribution in [-0.4, -0.2) is 23.8 Å². The van der Waals surface area contributed by atoms with Crippen LogP contribution >= 0.6 is 0 Å². The fourth-order valence-electron chi connectivity index (χ4n) is 4.10. The first-order chi connectivity index (χ1) is 14.5. The van der Waals surface area contributed by atoms with E-state index >= 15 is 0 Å². The lowest BCUT2D eigenvalue weighted by Gasteiger charge is -2.19. The fraction of sp³-hybridized carbons (Fsp3) is 0.200. The Labute approximate surface area is 175 Å². The number of benzene rings is 3. The van der Waals surface area contributed by atoms with Crippen LogP contribution in [0.25, 0.3) is 11.1 Å². The van der Waals surface area contributed by atoms with Gasteiger partial charge in [0.15, 0.2) is 0 Å². The van der Waals surface area contributed by atoms with Crippen LogP contribution in [0, 0.1) is 6.92 Å². The average Bonchev–Trinajstić information content (AvgIpc) is 3.05. The van der Waals surface area contributed by atoms with Crippen molar-refractivity contribution in [3.8, 4) is 11.1 Å². The van der Waals surface area contributed by atoms with Gasteiger partial charge in [0, 0.05) is 5.92 Å². The van der Waals surface area contributed by atoms with Crippen LogP contribution in [0.3, 0.4) is 0 Å². The molecule has 3 aromatic rings. The van der Waals surface area contributed by atoms with Crippen LogP contribution in [0.15, 0.2) is 72.8 Å². The maximum Gasteiger partial charge on any atom is 0.407 e. The Bertz CT molecular complexity index is 1050. The van der Waals surface area contributed by atoms with Gasteiger partial charge in [-0.2, -0.15) is 0 Å². The van der Waals surface area contributed by atoms with E-state index in [-0.39, 0.29) is 18.9 Å². The van der Waals surface area contributed by atoms with Crippen LogP contribution in [-0.2, 0) is 9.53 Å². The molecule has 0 saturated heterocycles. The molecular formula is C25H23NO4. The third-order valence-corrected chi connectivity index (χ3v) is 5.46. The van der Waals surface area contributed by atoms with E-state index in [1.54, 1.807) is 0 Å². The van der Waals surface area contributed by atoms with Crippen molar-refractivity contribution in [2.45, 2.75) is 25.3 Å². The number of alkyl carbamates (subject to hydrolysis) is 1. The van der Waals surface area contributed by atoms with Crippen molar-refractivity contribution in [1.82, 2.24) is 5.32 Å². The van der Waals surface area contributed by atoms with Gasteiger partial charge in [-0.3, -0.25) is 4.79 Å². The maximum atomic E-state index is 12.5. The summed E-state index contributed by atoms with van der Waals surface area (Å²) in [6.45, 7) is 2.11. The monoisotopic (exact) mass is 401 g/mol. The van der Waals surface area contributed by atoms with Crippen LogP contribution in [0.2, 0.25) is 0 Å². The standard InChI is InChI=1S/C25H23NO4/c1-16-7-6-8-17(13-16)23(14-24(27)28)26-25(29)30-15-22-20-11-4-2-9-18(20)19-10-3-5-12-21(19)22/h2-13,22-23H,14-15H2,1H3,(H,26,29)(H,27,28)/t23-/m0/s1. The highest BCUT2D eigenvalue weighted by molar-refractivity contribution is 5.79. The van der Waals surface area contributed by atoms with Gasteiger partial charge in [0.1, 0.15) is 6.61 Å². The van der Waals surface area contributed by atoms with Gasteiger partial charge in [-0.25, -0.2) is 4.79 Å². The molecule has 5 nitrogen and oxygen atoms in total. The van der Waals surface area contributed by atoms with Gasteiger partial charge >= 0.3 is 12.1 Å². The van der Waals surface area contributed by atoms with Gasteiger partial charge in [-0.05, 0) is 34.7 Å². The lowest BCUT2D eigenvalue weighted by molar-refractivity contribution is -0.137. The van der Waals surface area contributed by atoms with Crippen LogP contribution in [0.5, 0.6) is 0 Å². The lowest BCUT2D eigenvalue weighted by atomic mass is 9.98. The largest absolute Gasteiger partial charge is 0.481 e. The predicted octanol–water partition coefficient (Wildman–Crippen LogP) is 5.05. The number of ether oxygens (including phenoxy) is 1. The minimum Gasteiger partial charge on any atom is -0.481 e. The number of nitrogens with one attached hydrogen (secondary N) is 1. The minimum absolute atomic E-state index is 0.0416. The molecule has 0 aliphatic heterocycles. The zero-order valence-electron chi connectivity index (χ0n) is 16.7. The summed E-state index contributed by atoms with van der Waals surface area (Å²) in [6, 6.07) is 23.0. The van der Waals surface area contributed by atoms with E-state index in [1.807, 2.05) is 55.5 Å². The van der Waals surface area contributed by atoms with Crippen molar-refractivity contribution in [2.24, 2.45) is 0 Å². The van der Waals surface area contributed by atoms with E-state index in [1.165, 1.54) is 0 Å². The molecule has 0 saturated carbocycles. The molecule has 152 valence electrons. The van der Waals surface area contributed by atoms with Crippen molar-refractivity contribution >= 4 is 12.1 Å². The summed E-state index contributed by atoms with van der Waals surface area (Å²) in [5.74, 6) is -1.03. The molecule has 30 heavy (non-hydrogen) atoms. The molecule has 1 atom stereocenters. The highest BCUT2D eigenvalue weighted by Crippen LogP contribution is 2.44. The first-order valence-corrected chi connectivity index (χ1v) is 9.93. The molecule has 1 aliphatic rings. The van der Waals surface area contributed by atoms with Gasteiger partial charge in [-0.15, -0.1) is 0 Å². The number of carboxylic acids is 1. The van der Waals surface area contributed by atoms with Gasteiger partial charge in [0.25, 0.3) is 0 Å². The van der Waals surface area contributed by atoms with Crippen molar-refractivity contribution in [3.63, 3.8) is 0 Å². The number of carbonyl (C=O) groups is 2. The average molecular weight is 401 g/mol. The molecule has 2 N–H and O–H groups in total. The Morgan fingerprint density at radius 1 is 0.967 bits per heavy atom. The second-order valence-electron chi connectivity index (χ2n) is 7.53. The molecule has 0 radical (unpaired) electrons. The van der Waals surface area contributed by atoms with Gasteiger partial charge < -0.3 is 15.2 Å². The number of rotatable bonds is 6. The number of aliphatic carboxylic acids is 1. The van der Waals surface area contributed by atoms with Crippen molar-refractivity contribution in [1.29, 1.82) is 0 Å². The highest BCUT2D eigenvalue weighted by atomic mass is 16.5. The van der Waals surface area contributed by atoms with E-state index in [0.29, 0.717) is 0 Å². The summed E-state index contributed by atoms with van der Waals surface area (Å²) in [5.41, 5.74) is 6.32. The summed E-state index contributed by atoms with van der Waals surface area (Å²) in [7, 11) is 0. The van der Waals surface area contributed by atoms with Gasteiger partial charge in [0.05, 0.1) is 12.5 Å². The molecule has 0 spiro atoms. The van der Waals surface area contributed by atoms with Gasteiger partial charge in [-0.1, -0.05) is 78.4 Å². The SMILES string of the molecule is Cc1cccc([C@H](CC(=O)O)NC(=O)OCC2c3ccccc3-c3ccccc32)c1. The third kappa shape index (κ3) is 4.06. The third-order valence-electron chi connectivity index (χ3n) is 5.46. The molecule has 0 unspecified atom stereocenters. The van der Waals surface area contributed by atoms with E-state index in [0.717, 1.165) is 33.4 Å². The second kappa shape index (κ2) is 8.41. The Balaban J connectivity index is 1.48. The number of fused-ring (bicyclic) bond motifs is 3. The Hall–Kier alpha value is -3.60. The number of carboxylic acid groups (broad SMARTS) is 1. The fourth-order valence-corrected chi connectivity index (χ4v) is 4.10. The van der Waals surface area contributed by atoms with Crippen LogP contribution in [0.4, 0.5) is 4.79 Å². The van der Waals surface area contributed by atoms with E-state index in [4.69, 9.17) is 4.74 Å². The zero-order chi connectivity index (χ0) is 21.1. The number of amides is 1. The molecular weight excluding hydrogens is 378 g/mol. The minimum atomic E-state index is -0.986. The normalized spacial score (nSPS) is 13.2. The number of hydrogen-bond acceptors (Lipinski definition) is 3. The van der Waals surface area contributed by atoms with E-state index in [2.05, 4.69) is 29.6 Å². The topological polar surface area (TPSA) is 75.6 Å². The van der Waals surface area contributed by atoms with Crippen LogP contribution in [0.1, 0.15) is 40.6 Å².